The second kappa shape index (κ2) is 11.8. The van der Waals surface area contributed by atoms with Gasteiger partial charge in [0.1, 0.15) is 5.69 Å². The van der Waals surface area contributed by atoms with E-state index in [1.54, 1.807) is 44.2 Å². The van der Waals surface area contributed by atoms with E-state index in [-0.39, 0.29) is 23.4 Å². The number of carbonyl (C=O) groups is 3. The summed E-state index contributed by atoms with van der Waals surface area (Å²) in [6.45, 7) is 4.78. The van der Waals surface area contributed by atoms with Gasteiger partial charge < -0.3 is 20.8 Å². The average Bonchev–Trinajstić information content (AvgIpc) is 3.12. The largest absolute Gasteiger partial charge is 0.494 e. The van der Waals surface area contributed by atoms with Gasteiger partial charge >= 0.3 is 6.18 Å². The SMILES string of the molecule is Cc1c(O)[nH]c(O)c1C(=O)[C@H](NC(=O)C[C@H](NC(=O)c1ncc(C(F)(F)F)cc1Cl)c1ccccc1)C(C)C. The normalized spacial score (nSPS) is 13.1. The Morgan fingerprint density at radius 1 is 1.08 bits per heavy atom. The number of aromatic hydroxyl groups is 2. The van der Waals surface area contributed by atoms with Gasteiger partial charge in [0.15, 0.2) is 11.7 Å². The summed E-state index contributed by atoms with van der Waals surface area (Å²) in [5.41, 5.74) is -1.13. The van der Waals surface area contributed by atoms with Crippen molar-refractivity contribution in [3.63, 3.8) is 0 Å². The van der Waals surface area contributed by atoms with Gasteiger partial charge in [0, 0.05) is 11.8 Å². The van der Waals surface area contributed by atoms with Crippen LogP contribution in [0.15, 0.2) is 42.6 Å². The molecule has 3 rings (SSSR count). The number of halogens is 4. The molecule has 2 amide bonds. The summed E-state index contributed by atoms with van der Waals surface area (Å²) in [5, 5.41) is 24.5. The summed E-state index contributed by atoms with van der Waals surface area (Å²) in [6, 6.07) is 6.85. The fourth-order valence-electron chi connectivity index (χ4n) is 3.90. The van der Waals surface area contributed by atoms with E-state index in [2.05, 4.69) is 20.6 Å². The van der Waals surface area contributed by atoms with Gasteiger partial charge in [0.2, 0.25) is 11.8 Å². The molecule has 0 saturated heterocycles. The summed E-state index contributed by atoms with van der Waals surface area (Å²) < 4.78 is 38.9. The van der Waals surface area contributed by atoms with Crippen molar-refractivity contribution in [2.75, 3.05) is 0 Å². The van der Waals surface area contributed by atoms with Crippen LogP contribution in [0.5, 0.6) is 11.8 Å². The van der Waals surface area contributed by atoms with Crippen LogP contribution in [0, 0.1) is 12.8 Å². The van der Waals surface area contributed by atoms with Crippen LogP contribution in [0.4, 0.5) is 13.2 Å². The second-order valence-electron chi connectivity index (χ2n) is 9.17. The summed E-state index contributed by atoms with van der Waals surface area (Å²) >= 11 is 5.91. The number of ketones is 1. The molecule has 0 saturated carbocycles. The van der Waals surface area contributed by atoms with Gasteiger partial charge in [-0.1, -0.05) is 55.8 Å². The molecule has 0 bridgehead atoms. The molecule has 2 aromatic heterocycles. The van der Waals surface area contributed by atoms with E-state index >= 15 is 0 Å². The first-order chi connectivity index (χ1) is 18.2. The molecule has 2 heterocycles. The molecule has 3 aromatic rings. The van der Waals surface area contributed by atoms with E-state index < -0.39 is 63.9 Å². The van der Waals surface area contributed by atoms with Gasteiger partial charge in [0.05, 0.1) is 34.7 Å². The lowest BCUT2D eigenvalue weighted by atomic mass is 9.93. The van der Waals surface area contributed by atoms with Gasteiger partial charge in [-0.2, -0.15) is 13.2 Å². The third-order valence-electron chi connectivity index (χ3n) is 6.00. The van der Waals surface area contributed by atoms with E-state index in [1.807, 2.05) is 0 Å². The lowest BCUT2D eigenvalue weighted by Crippen LogP contribution is -2.45. The standard InChI is InChI=1S/C26H26ClF3N4O5/c1-12(2)20(22(36)19-13(3)23(37)34-24(19)38)33-18(35)10-17(14-7-5-4-6-8-14)32-25(39)21-16(27)9-15(11-31-21)26(28,29)30/h4-9,11-12,17,20,34,37-38H,10H2,1-3H3,(H,32,39)(H,33,35)/t17-,20+/m0/s1. The molecular formula is C26H26ClF3N4O5. The summed E-state index contributed by atoms with van der Waals surface area (Å²) in [4.78, 5) is 45.0. The first-order valence-corrected chi connectivity index (χ1v) is 12.1. The van der Waals surface area contributed by atoms with Crippen molar-refractivity contribution in [2.24, 2.45) is 5.92 Å². The van der Waals surface area contributed by atoms with Crippen molar-refractivity contribution in [3.8, 4) is 11.8 Å². The highest BCUT2D eigenvalue weighted by molar-refractivity contribution is 6.33. The maximum atomic E-state index is 13.2. The van der Waals surface area contributed by atoms with Gasteiger partial charge in [-0.3, -0.25) is 19.4 Å². The number of carbonyl (C=O) groups excluding carboxylic acids is 3. The number of aromatic amines is 1. The lowest BCUT2D eigenvalue weighted by Gasteiger charge is -2.24. The van der Waals surface area contributed by atoms with Crippen LogP contribution in [-0.4, -0.2) is 43.8 Å². The molecular weight excluding hydrogens is 541 g/mol. The minimum Gasteiger partial charge on any atom is -0.494 e. The van der Waals surface area contributed by atoms with Gasteiger partial charge in [-0.05, 0) is 24.5 Å². The molecule has 0 fully saturated rings. The highest BCUT2D eigenvalue weighted by atomic mass is 35.5. The molecule has 0 unspecified atom stereocenters. The van der Waals surface area contributed by atoms with Crippen LogP contribution in [-0.2, 0) is 11.0 Å². The number of alkyl halides is 3. The van der Waals surface area contributed by atoms with E-state index in [9.17, 15) is 37.8 Å². The zero-order chi connectivity index (χ0) is 29.1. The second-order valence-corrected chi connectivity index (χ2v) is 9.58. The fraction of sp³-hybridized carbons (Fsp3) is 0.308. The maximum absolute atomic E-state index is 13.2. The zero-order valence-electron chi connectivity index (χ0n) is 21.1. The monoisotopic (exact) mass is 566 g/mol. The smallest absolute Gasteiger partial charge is 0.417 e. The number of nitrogens with one attached hydrogen (secondary N) is 3. The molecule has 2 atom stereocenters. The molecule has 9 nitrogen and oxygen atoms in total. The molecule has 13 heteroatoms. The third-order valence-corrected chi connectivity index (χ3v) is 6.28. The number of rotatable bonds is 9. The van der Waals surface area contributed by atoms with Crippen LogP contribution in [0.3, 0.4) is 0 Å². The van der Waals surface area contributed by atoms with Crippen LogP contribution in [0.25, 0.3) is 0 Å². The van der Waals surface area contributed by atoms with Crippen molar-refractivity contribution < 1.29 is 37.8 Å². The quantitative estimate of drug-likeness (QED) is 0.238. The fourth-order valence-corrected chi connectivity index (χ4v) is 4.15. The molecule has 39 heavy (non-hydrogen) atoms. The minimum absolute atomic E-state index is 0.118. The number of H-pyrrole nitrogens is 1. The molecule has 5 N–H and O–H groups in total. The van der Waals surface area contributed by atoms with Crippen LogP contribution >= 0.6 is 11.6 Å². The van der Waals surface area contributed by atoms with E-state index in [0.29, 0.717) is 17.8 Å². The number of Topliss-reactive ketones (excluding diaryl/α,β-unsaturated/α-hetero) is 1. The highest BCUT2D eigenvalue weighted by Crippen LogP contribution is 2.32. The Morgan fingerprint density at radius 3 is 2.23 bits per heavy atom. The Hall–Kier alpha value is -4.06. The van der Waals surface area contributed by atoms with Crippen molar-refractivity contribution in [2.45, 2.75) is 45.5 Å². The molecule has 208 valence electrons. The molecule has 0 aliphatic heterocycles. The van der Waals surface area contributed by atoms with Crippen LogP contribution in [0.2, 0.25) is 5.02 Å². The first kappa shape index (κ1) is 29.5. The topological polar surface area (TPSA) is 144 Å². The molecule has 0 aliphatic rings. The number of pyridine rings is 1. The summed E-state index contributed by atoms with van der Waals surface area (Å²) in [6.07, 6.45) is -4.57. The molecule has 1 aromatic carbocycles. The first-order valence-electron chi connectivity index (χ1n) is 11.7. The Bertz CT molecular complexity index is 1380. The van der Waals surface area contributed by atoms with Crippen LogP contribution < -0.4 is 10.6 Å². The molecule has 0 spiro atoms. The van der Waals surface area contributed by atoms with Crippen molar-refractivity contribution in [1.29, 1.82) is 0 Å². The molecule has 0 radical (unpaired) electrons. The number of aromatic nitrogens is 2. The van der Waals surface area contributed by atoms with Crippen molar-refractivity contribution >= 4 is 29.2 Å². The van der Waals surface area contributed by atoms with Gasteiger partial charge in [-0.15, -0.1) is 0 Å². The lowest BCUT2D eigenvalue weighted by molar-refractivity contribution is -0.137. The van der Waals surface area contributed by atoms with E-state index in [1.165, 1.54) is 6.92 Å². The Kier molecular flexibility index (Phi) is 8.90. The minimum atomic E-state index is -4.70. The number of amides is 2. The Morgan fingerprint density at radius 2 is 1.72 bits per heavy atom. The predicted molar refractivity (Wildman–Crippen MR) is 135 cm³/mol. The Balaban J connectivity index is 1.83. The highest BCUT2D eigenvalue weighted by Gasteiger charge is 2.33. The van der Waals surface area contributed by atoms with Crippen LogP contribution in [0.1, 0.15) is 63.8 Å². The van der Waals surface area contributed by atoms with Gasteiger partial charge in [-0.25, -0.2) is 4.98 Å². The van der Waals surface area contributed by atoms with Crippen molar-refractivity contribution in [3.05, 3.63) is 75.6 Å². The summed E-state index contributed by atoms with van der Waals surface area (Å²) in [7, 11) is 0. The maximum Gasteiger partial charge on any atom is 0.417 e. The average molecular weight is 567 g/mol. The molecule has 0 aliphatic carbocycles. The van der Waals surface area contributed by atoms with Crippen molar-refractivity contribution in [1.82, 2.24) is 20.6 Å². The number of nitrogens with zero attached hydrogens (tertiary/aromatic N) is 1. The Labute approximate surface area is 226 Å². The number of hydrogen-bond donors (Lipinski definition) is 5. The number of benzene rings is 1. The van der Waals surface area contributed by atoms with E-state index in [4.69, 9.17) is 11.6 Å². The zero-order valence-corrected chi connectivity index (χ0v) is 21.8. The predicted octanol–water partition coefficient (Wildman–Crippen LogP) is 4.69. The third kappa shape index (κ3) is 6.88. The van der Waals surface area contributed by atoms with E-state index in [0.717, 1.165) is 0 Å². The number of hydrogen-bond acceptors (Lipinski definition) is 6. The summed E-state index contributed by atoms with van der Waals surface area (Å²) in [5.74, 6) is -3.52. The van der Waals surface area contributed by atoms with Gasteiger partial charge in [0.25, 0.3) is 5.91 Å².